The van der Waals surface area contributed by atoms with E-state index in [1.807, 2.05) is 0 Å². The molecule has 0 atom stereocenters. The number of ether oxygens (including phenoxy) is 2. The zero-order chi connectivity index (χ0) is 17.2. The van der Waals surface area contributed by atoms with E-state index in [4.69, 9.17) is 21.1 Å². The molecular weight excluding hydrogens is 320 g/mol. The number of anilines is 1. The fourth-order valence-corrected chi connectivity index (χ4v) is 2.23. The molecule has 0 radical (unpaired) electrons. The van der Waals surface area contributed by atoms with Crippen molar-refractivity contribution < 1.29 is 19.1 Å². The number of hydrogen-bond donors (Lipinski definition) is 1. The molecule has 1 rings (SSSR count). The molecule has 0 fully saturated rings. The van der Waals surface area contributed by atoms with Gasteiger partial charge >= 0.3 is 0 Å². The number of carbonyl (C=O) groups excluding carboxylic acids is 2. The maximum atomic E-state index is 11.9. The normalized spacial score (nSPS) is 10.3. The van der Waals surface area contributed by atoms with Gasteiger partial charge in [0.25, 0.3) is 0 Å². The molecule has 0 aliphatic heterocycles. The number of nitrogens with one attached hydrogen (secondary N) is 1. The number of carbonyl (C=O) groups is 2. The van der Waals surface area contributed by atoms with E-state index >= 15 is 0 Å². The standard InChI is InChI=1S/C16H23ClN2O4/c1-12(20)19(9-7-16(21)18-8-4-10-22-2)14-11-13(17)5-6-15(14)23-3/h5-6,11H,4,7-10H2,1-3H3,(H,18,21). The highest BCUT2D eigenvalue weighted by Crippen LogP contribution is 2.31. The van der Waals surface area contributed by atoms with Crippen LogP contribution in [0.4, 0.5) is 5.69 Å². The Labute approximate surface area is 141 Å². The third kappa shape index (κ3) is 6.46. The zero-order valence-corrected chi connectivity index (χ0v) is 14.5. The summed E-state index contributed by atoms with van der Waals surface area (Å²) in [4.78, 5) is 25.2. The molecule has 0 aromatic heterocycles. The Hall–Kier alpha value is -1.79. The van der Waals surface area contributed by atoms with Crippen LogP contribution in [0.2, 0.25) is 5.02 Å². The van der Waals surface area contributed by atoms with Crippen LogP contribution in [-0.4, -0.2) is 45.7 Å². The third-order valence-electron chi connectivity index (χ3n) is 3.22. The Morgan fingerprint density at radius 2 is 2.04 bits per heavy atom. The number of halogens is 1. The molecule has 128 valence electrons. The summed E-state index contributed by atoms with van der Waals surface area (Å²) < 4.78 is 10.2. The lowest BCUT2D eigenvalue weighted by atomic mass is 10.2. The Morgan fingerprint density at radius 1 is 1.30 bits per heavy atom. The van der Waals surface area contributed by atoms with Crippen molar-refractivity contribution in [1.29, 1.82) is 0 Å². The third-order valence-corrected chi connectivity index (χ3v) is 3.46. The largest absolute Gasteiger partial charge is 0.495 e. The van der Waals surface area contributed by atoms with Crippen molar-refractivity contribution in [2.45, 2.75) is 19.8 Å². The molecule has 0 aliphatic carbocycles. The number of amides is 2. The summed E-state index contributed by atoms with van der Waals surface area (Å²) in [7, 11) is 3.14. The second kappa shape index (κ2) is 10.1. The van der Waals surface area contributed by atoms with Crippen molar-refractivity contribution in [1.82, 2.24) is 5.32 Å². The van der Waals surface area contributed by atoms with Gasteiger partial charge in [0.05, 0.1) is 12.8 Å². The van der Waals surface area contributed by atoms with Crippen LogP contribution in [0.1, 0.15) is 19.8 Å². The van der Waals surface area contributed by atoms with E-state index in [-0.39, 0.29) is 24.8 Å². The molecule has 0 spiro atoms. The summed E-state index contributed by atoms with van der Waals surface area (Å²) in [6, 6.07) is 5.03. The second-order valence-electron chi connectivity index (χ2n) is 4.93. The highest BCUT2D eigenvalue weighted by atomic mass is 35.5. The molecule has 0 unspecified atom stereocenters. The van der Waals surface area contributed by atoms with Crippen molar-refractivity contribution in [3.8, 4) is 5.75 Å². The van der Waals surface area contributed by atoms with Gasteiger partial charge in [0.15, 0.2) is 0 Å². The molecule has 0 saturated heterocycles. The van der Waals surface area contributed by atoms with Gasteiger partial charge in [-0.05, 0) is 24.6 Å². The predicted molar refractivity (Wildman–Crippen MR) is 90.2 cm³/mol. The summed E-state index contributed by atoms with van der Waals surface area (Å²) in [6.45, 7) is 2.84. The van der Waals surface area contributed by atoms with E-state index in [9.17, 15) is 9.59 Å². The minimum atomic E-state index is -0.183. The smallest absolute Gasteiger partial charge is 0.223 e. The molecule has 1 aromatic rings. The Kier molecular flexibility index (Phi) is 8.43. The summed E-state index contributed by atoms with van der Waals surface area (Å²) in [5, 5.41) is 3.29. The van der Waals surface area contributed by atoms with Gasteiger partial charge in [0.1, 0.15) is 5.75 Å². The van der Waals surface area contributed by atoms with Crippen molar-refractivity contribution in [3.63, 3.8) is 0 Å². The first-order chi connectivity index (χ1) is 11.0. The molecule has 2 amide bonds. The predicted octanol–water partition coefficient (Wildman–Crippen LogP) is 2.24. The van der Waals surface area contributed by atoms with Gasteiger partial charge < -0.3 is 19.7 Å². The lowest BCUT2D eigenvalue weighted by molar-refractivity contribution is -0.121. The van der Waals surface area contributed by atoms with Gasteiger partial charge in [-0.15, -0.1) is 0 Å². The number of hydrogen-bond acceptors (Lipinski definition) is 4. The molecule has 0 bridgehead atoms. The van der Waals surface area contributed by atoms with Crippen molar-refractivity contribution in [2.75, 3.05) is 38.8 Å². The lowest BCUT2D eigenvalue weighted by Crippen LogP contribution is -2.34. The topological polar surface area (TPSA) is 67.9 Å². The summed E-state index contributed by atoms with van der Waals surface area (Å²) in [5.74, 6) is 0.233. The molecule has 1 aromatic carbocycles. The summed E-state index contributed by atoms with van der Waals surface area (Å²) in [6.07, 6.45) is 0.947. The molecule has 0 aliphatic rings. The molecule has 0 saturated carbocycles. The molecule has 0 heterocycles. The lowest BCUT2D eigenvalue weighted by Gasteiger charge is -2.23. The van der Waals surface area contributed by atoms with E-state index in [1.165, 1.54) is 18.9 Å². The fraction of sp³-hybridized carbons (Fsp3) is 0.500. The zero-order valence-electron chi connectivity index (χ0n) is 13.7. The number of rotatable bonds is 9. The Morgan fingerprint density at radius 3 is 2.65 bits per heavy atom. The number of nitrogens with zero attached hydrogens (tertiary/aromatic N) is 1. The van der Waals surface area contributed by atoms with Crippen molar-refractivity contribution >= 4 is 29.1 Å². The molecule has 6 nitrogen and oxygen atoms in total. The average Bonchev–Trinajstić information content (AvgIpc) is 2.51. The van der Waals surface area contributed by atoms with E-state index < -0.39 is 0 Å². The van der Waals surface area contributed by atoms with Crippen molar-refractivity contribution in [3.05, 3.63) is 23.2 Å². The quantitative estimate of drug-likeness (QED) is 0.699. The minimum Gasteiger partial charge on any atom is -0.495 e. The first-order valence-corrected chi connectivity index (χ1v) is 7.74. The van der Waals surface area contributed by atoms with Gasteiger partial charge in [-0.2, -0.15) is 0 Å². The van der Waals surface area contributed by atoms with Crippen LogP contribution in [0.3, 0.4) is 0 Å². The monoisotopic (exact) mass is 342 g/mol. The van der Waals surface area contributed by atoms with Gasteiger partial charge in [-0.25, -0.2) is 0 Å². The molecule has 23 heavy (non-hydrogen) atoms. The van der Waals surface area contributed by atoms with E-state index in [0.717, 1.165) is 6.42 Å². The second-order valence-corrected chi connectivity index (χ2v) is 5.37. The Balaban J connectivity index is 2.68. The van der Waals surface area contributed by atoms with Gasteiger partial charge in [-0.3, -0.25) is 9.59 Å². The van der Waals surface area contributed by atoms with Crippen LogP contribution in [0.25, 0.3) is 0 Å². The highest BCUT2D eigenvalue weighted by Gasteiger charge is 2.17. The SMILES string of the molecule is COCCCNC(=O)CCN(C(C)=O)c1cc(Cl)ccc1OC. The van der Waals surface area contributed by atoms with E-state index in [2.05, 4.69) is 5.32 Å². The molecular formula is C16H23ClN2O4. The Bertz CT molecular complexity index is 537. The van der Waals surface area contributed by atoms with Crippen LogP contribution in [-0.2, 0) is 14.3 Å². The maximum Gasteiger partial charge on any atom is 0.223 e. The van der Waals surface area contributed by atoms with E-state index in [1.54, 1.807) is 25.3 Å². The van der Waals surface area contributed by atoms with Crippen LogP contribution in [0.5, 0.6) is 5.75 Å². The summed E-state index contributed by atoms with van der Waals surface area (Å²) >= 11 is 6.00. The highest BCUT2D eigenvalue weighted by molar-refractivity contribution is 6.31. The number of methoxy groups -OCH3 is 2. The maximum absolute atomic E-state index is 11.9. The van der Waals surface area contributed by atoms with Crippen LogP contribution < -0.4 is 15.0 Å². The first kappa shape index (κ1) is 19.3. The van der Waals surface area contributed by atoms with Gasteiger partial charge in [-0.1, -0.05) is 11.6 Å². The van der Waals surface area contributed by atoms with Gasteiger partial charge in [0, 0.05) is 45.2 Å². The van der Waals surface area contributed by atoms with Crippen LogP contribution in [0.15, 0.2) is 18.2 Å². The van der Waals surface area contributed by atoms with Crippen LogP contribution >= 0.6 is 11.6 Å². The summed E-state index contributed by atoms with van der Waals surface area (Å²) in [5.41, 5.74) is 0.555. The van der Waals surface area contributed by atoms with Crippen molar-refractivity contribution in [2.24, 2.45) is 0 Å². The molecule has 7 heteroatoms. The number of benzene rings is 1. The van der Waals surface area contributed by atoms with Gasteiger partial charge in [0.2, 0.25) is 11.8 Å². The first-order valence-electron chi connectivity index (χ1n) is 7.37. The minimum absolute atomic E-state index is 0.117. The average molecular weight is 343 g/mol. The van der Waals surface area contributed by atoms with Crippen LogP contribution in [0, 0.1) is 0 Å². The molecule has 1 N–H and O–H groups in total. The van der Waals surface area contributed by atoms with E-state index in [0.29, 0.717) is 29.6 Å². The fourth-order valence-electron chi connectivity index (χ4n) is 2.07.